The van der Waals surface area contributed by atoms with Crippen molar-refractivity contribution in [2.24, 2.45) is 29.6 Å². The third kappa shape index (κ3) is 3.58. The number of carbonyl (C=O) groups is 3. The number of methoxy groups -OCH3 is 1. The van der Waals surface area contributed by atoms with E-state index in [4.69, 9.17) is 4.74 Å². The summed E-state index contributed by atoms with van der Waals surface area (Å²) in [5, 5.41) is 13.3. The van der Waals surface area contributed by atoms with Gasteiger partial charge in [-0.05, 0) is 68.3 Å². The molecule has 1 aromatic heterocycles. The van der Waals surface area contributed by atoms with Gasteiger partial charge in [0, 0.05) is 4.88 Å². The maximum absolute atomic E-state index is 13.2. The second-order valence-corrected chi connectivity index (χ2v) is 9.88. The Morgan fingerprint density at radius 1 is 1.10 bits per heavy atom. The number of ether oxygens (including phenoxy) is 1. The van der Waals surface area contributed by atoms with Crippen molar-refractivity contribution in [1.29, 1.82) is 0 Å². The molecule has 0 aromatic carbocycles. The second-order valence-electron chi connectivity index (χ2n) is 8.77. The number of carboxylic acids is 1. The molecule has 158 valence electrons. The molecule has 3 fully saturated rings. The van der Waals surface area contributed by atoms with Crippen LogP contribution in [0.4, 0.5) is 5.00 Å². The molecule has 0 aliphatic heterocycles. The lowest BCUT2D eigenvalue weighted by molar-refractivity contribution is -0.156. The molecule has 2 bridgehead atoms. The van der Waals surface area contributed by atoms with Crippen molar-refractivity contribution in [3.8, 4) is 0 Å². The second kappa shape index (κ2) is 8.09. The van der Waals surface area contributed by atoms with Gasteiger partial charge in [-0.25, -0.2) is 4.79 Å². The molecule has 0 spiro atoms. The van der Waals surface area contributed by atoms with Crippen molar-refractivity contribution in [2.75, 3.05) is 12.4 Å². The molecule has 2 N–H and O–H groups in total. The van der Waals surface area contributed by atoms with Crippen LogP contribution in [0.15, 0.2) is 0 Å². The number of aliphatic carboxylic acids is 1. The number of esters is 1. The number of hydrogen-bond acceptors (Lipinski definition) is 5. The molecule has 1 aromatic rings. The van der Waals surface area contributed by atoms with Crippen molar-refractivity contribution in [3.63, 3.8) is 0 Å². The Kier molecular flexibility index (Phi) is 5.69. The van der Waals surface area contributed by atoms with Gasteiger partial charge in [-0.1, -0.05) is 13.3 Å². The zero-order chi connectivity index (χ0) is 20.7. The highest BCUT2D eigenvalue weighted by atomic mass is 32.1. The fourth-order valence-electron chi connectivity index (χ4n) is 5.79. The van der Waals surface area contributed by atoms with Gasteiger partial charge in [-0.2, -0.15) is 0 Å². The van der Waals surface area contributed by atoms with Crippen LogP contribution in [-0.4, -0.2) is 30.1 Å². The van der Waals surface area contributed by atoms with E-state index in [2.05, 4.69) is 12.2 Å². The minimum absolute atomic E-state index is 0.0789. The van der Waals surface area contributed by atoms with Crippen molar-refractivity contribution in [2.45, 2.75) is 58.3 Å². The summed E-state index contributed by atoms with van der Waals surface area (Å²) in [6, 6.07) is 0. The summed E-state index contributed by atoms with van der Waals surface area (Å²) in [5.74, 6) is -1.90. The summed E-state index contributed by atoms with van der Waals surface area (Å²) in [4.78, 5) is 38.8. The third-order valence-corrected chi connectivity index (χ3v) is 8.55. The number of fused-ring (bicyclic) bond motifs is 4. The highest BCUT2D eigenvalue weighted by Gasteiger charge is 2.50. The number of anilines is 1. The lowest BCUT2D eigenvalue weighted by Gasteiger charge is -2.45. The molecule has 3 saturated carbocycles. The van der Waals surface area contributed by atoms with Crippen molar-refractivity contribution < 1.29 is 24.2 Å². The molecule has 6 nitrogen and oxygen atoms in total. The van der Waals surface area contributed by atoms with Crippen LogP contribution in [0.2, 0.25) is 0 Å². The summed E-state index contributed by atoms with van der Waals surface area (Å²) in [7, 11) is 1.36. The zero-order valence-electron chi connectivity index (χ0n) is 17.0. The monoisotopic (exact) mass is 419 g/mol. The van der Waals surface area contributed by atoms with Crippen LogP contribution < -0.4 is 5.32 Å². The fraction of sp³-hybridized carbons (Fsp3) is 0.682. The number of amides is 1. The van der Waals surface area contributed by atoms with Crippen LogP contribution >= 0.6 is 11.3 Å². The number of rotatable bonds is 5. The average molecular weight is 420 g/mol. The van der Waals surface area contributed by atoms with E-state index in [-0.39, 0.29) is 17.7 Å². The van der Waals surface area contributed by atoms with Crippen LogP contribution in [0.3, 0.4) is 0 Å². The zero-order valence-corrected chi connectivity index (χ0v) is 17.8. The van der Waals surface area contributed by atoms with Gasteiger partial charge in [0.05, 0.1) is 24.5 Å². The lowest BCUT2D eigenvalue weighted by atomic mass is 9.58. The molecule has 4 aliphatic rings. The largest absolute Gasteiger partial charge is 0.481 e. The quantitative estimate of drug-likeness (QED) is 0.700. The Morgan fingerprint density at radius 3 is 2.34 bits per heavy atom. The van der Waals surface area contributed by atoms with Crippen molar-refractivity contribution in [1.82, 2.24) is 0 Å². The number of hydrogen-bond donors (Lipinski definition) is 2. The minimum atomic E-state index is -0.871. The Labute approximate surface area is 175 Å². The van der Waals surface area contributed by atoms with Crippen LogP contribution in [0.5, 0.6) is 0 Å². The van der Waals surface area contributed by atoms with Gasteiger partial charge < -0.3 is 15.2 Å². The molecular formula is C22H29NO5S. The lowest BCUT2D eigenvalue weighted by Crippen LogP contribution is -2.49. The topological polar surface area (TPSA) is 92.7 Å². The summed E-state index contributed by atoms with van der Waals surface area (Å²) >= 11 is 1.47. The van der Waals surface area contributed by atoms with E-state index in [1.54, 1.807) is 0 Å². The number of nitrogens with one attached hydrogen (secondary N) is 1. The molecule has 1 amide bonds. The number of carbonyl (C=O) groups excluding carboxylic acids is 2. The first kappa shape index (κ1) is 20.4. The van der Waals surface area contributed by atoms with Gasteiger partial charge >= 0.3 is 11.9 Å². The first-order valence-corrected chi connectivity index (χ1v) is 11.5. The van der Waals surface area contributed by atoms with Gasteiger partial charge in [-0.3, -0.25) is 9.59 Å². The van der Waals surface area contributed by atoms with E-state index in [1.165, 1.54) is 18.4 Å². The summed E-state index contributed by atoms with van der Waals surface area (Å²) in [6.45, 7) is 2.18. The number of thiophene rings is 1. The van der Waals surface area contributed by atoms with Gasteiger partial charge in [0.1, 0.15) is 5.00 Å². The van der Waals surface area contributed by atoms with E-state index in [9.17, 15) is 19.5 Å². The van der Waals surface area contributed by atoms with E-state index >= 15 is 0 Å². The molecule has 0 radical (unpaired) electrons. The fourth-order valence-corrected chi connectivity index (χ4v) is 7.14. The smallest absolute Gasteiger partial charge is 0.341 e. The standard InChI is InChI=1S/C22H29NO5S/c1-3-11-4-9-14-15(10-11)29-20(18(14)22(27)28-2)23-19(24)16-12-5-7-13(8-6-12)17(16)21(25)26/h11-13,16-17H,3-10H2,1-2H3,(H,23,24)(H,25,26)/t11-,12?,13?,16+,17-/m0/s1. The molecule has 0 unspecified atom stereocenters. The predicted octanol–water partition coefficient (Wildman–Crippen LogP) is 4.13. The maximum Gasteiger partial charge on any atom is 0.341 e. The van der Waals surface area contributed by atoms with Crippen LogP contribution in [-0.2, 0) is 27.2 Å². The van der Waals surface area contributed by atoms with Gasteiger partial charge in [0.15, 0.2) is 0 Å². The van der Waals surface area contributed by atoms with E-state index in [0.717, 1.165) is 61.8 Å². The van der Waals surface area contributed by atoms with Crippen molar-refractivity contribution in [3.05, 3.63) is 16.0 Å². The summed E-state index contributed by atoms with van der Waals surface area (Å²) < 4.78 is 5.01. The molecule has 5 rings (SSSR count). The highest BCUT2D eigenvalue weighted by Crippen LogP contribution is 2.50. The van der Waals surface area contributed by atoms with Crippen LogP contribution in [0.1, 0.15) is 66.2 Å². The van der Waals surface area contributed by atoms with Gasteiger partial charge in [-0.15, -0.1) is 11.3 Å². The molecule has 0 saturated heterocycles. The Morgan fingerprint density at radius 2 is 1.76 bits per heavy atom. The van der Waals surface area contributed by atoms with Crippen LogP contribution in [0, 0.1) is 29.6 Å². The molecule has 29 heavy (non-hydrogen) atoms. The summed E-state index contributed by atoms with van der Waals surface area (Å²) in [6.07, 6.45) is 7.47. The molecule has 3 atom stereocenters. The average Bonchev–Trinajstić information content (AvgIpc) is 3.09. The first-order chi connectivity index (χ1) is 13.9. The molecule has 1 heterocycles. The Hall–Kier alpha value is -1.89. The first-order valence-electron chi connectivity index (χ1n) is 10.7. The van der Waals surface area contributed by atoms with Crippen LogP contribution in [0.25, 0.3) is 0 Å². The van der Waals surface area contributed by atoms with Gasteiger partial charge in [0.25, 0.3) is 0 Å². The van der Waals surface area contributed by atoms with E-state index in [0.29, 0.717) is 16.5 Å². The summed E-state index contributed by atoms with van der Waals surface area (Å²) in [5.41, 5.74) is 1.48. The Bertz CT molecular complexity index is 823. The number of carboxylic acid groups (broad SMARTS) is 1. The minimum Gasteiger partial charge on any atom is -0.481 e. The Balaban J connectivity index is 1.63. The molecular weight excluding hydrogens is 390 g/mol. The maximum atomic E-state index is 13.2. The van der Waals surface area contributed by atoms with Crippen molar-refractivity contribution >= 4 is 34.2 Å². The normalized spacial score (nSPS) is 30.5. The van der Waals surface area contributed by atoms with Gasteiger partial charge in [0.2, 0.25) is 5.91 Å². The van der Waals surface area contributed by atoms with E-state index in [1.807, 2.05) is 0 Å². The third-order valence-electron chi connectivity index (χ3n) is 7.38. The highest BCUT2D eigenvalue weighted by molar-refractivity contribution is 7.17. The molecule has 4 aliphatic carbocycles. The van der Waals surface area contributed by atoms with E-state index < -0.39 is 23.8 Å². The molecule has 7 heteroatoms. The SMILES string of the molecule is CC[C@H]1CCc2c(sc(NC(=O)[C@@H]3C4CCC(CC4)[C@@H]3C(=O)O)c2C(=O)OC)C1. The predicted molar refractivity (Wildman–Crippen MR) is 110 cm³/mol.